The quantitative estimate of drug-likeness (QED) is 0.593. The number of para-hydroxylation sites is 2. The topological polar surface area (TPSA) is 56.5 Å². The smallest absolute Gasteiger partial charge is 0.358 e. The molecule has 0 radical (unpaired) electrons. The third kappa shape index (κ3) is 1.44. The second-order valence-electron chi connectivity index (χ2n) is 3.58. The van der Waals surface area contributed by atoms with Gasteiger partial charge in [-0.25, -0.2) is 14.3 Å². The fourth-order valence-electron chi connectivity index (χ4n) is 1.75. The average Bonchev–Trinajstić information content (AvgIpc) is 2.75. The molecule has 0 unspecified atom stereocenters. The van der Waals surface area contributed by atoms with Crippen LogP contribution in [0.2, 0.25) is 0 Å². The molecule has 5 nitrogen and oxygen atoms in total. The molecule has 0 saturated carbocycles. The van der Waals surface area contributed by atoms with Crippen LogP contribution in [0.3, 0.4) is 0 Å². The van der Waals surface area contributed by atoms with Gasteiger partial charge in [0.05, 0.1) is 18.1 Å². The molecule has 0 aliphatic heterocycles. The van der Waals surface area contributed by atoms with E-state index in [1.165, 1.54) is 7.11 Å². The fourth-order valence-corrected chi connectivity index (χ4v) is 1.75. The minimum Gasteiger partial charge on any atom is -0.464 e. The van der Waals surface area contributed by atoms with Crippen LogP contribution in [0.15, 0.2) is 36.4 Å². The third-order valence-electron chi connectivity index (χ3n) is 2.55. The molecule has 0 saturated heterocycles. The van der Waals surface area contributed by atoms with Crippen molar-refractivity contribution >= 4 is 22.6 Å². The lowest BCUT2D eigenvalue weighted by atomic mass is 10.3. The zero-order chi connectivity index (χ0) is 11.8. The summed E-state index contributed by atoms with van der Waals surface area (Å²) < 4.78 is 6.28. The SMILES string of the molecule is COC(=O)c1ccc2nc3ccccc3n2n1. The Morgan fingerprint density at radius 2 is 2.06 bits per heavy atom. The first-order chi connectivity index (χ1) is 8.29. The van der Waals surface area contributed by atoms with Gasteiger partial charge >= 0.3 is 5.97 Å². The highest BCUT2D eigenvalue weighted by atomic mass is 16.5. The minimum absolute atomic E-state index is 0.267. The van der Waals surface area contributed by atoms with E-state index in [2.05, 4.69) is 14.8 Å². The molecule has 84 valence electrons. The Labute approximate surface area is 96.6 Å². The van der Waals surface area contributed by atoms with Gasteiger partial charge in [0.25, 0.3) is 0 Å². The summed E-state index contributed by atoms with van der Waals surface area (Å²) in [5.41, 5.74) is 2.69. The van der Waals surface area contributed by atoms with E-state index in [-0.39, 0.29) is 5.69 Å². The van der Waals surface area contributed by atoms with Crippen molar-refractivity contribution in [1.29, 1.82) is 0 Å². The number of ether oxygens (including phenoxy) is 1. The van der Waals surface area contributed by atoms with E-state index in [1.807, 2.05) is 24.3 Å². The van der Waals surface area contributed by atoms with Crippen molar-refractivity contribution in [3.63, 3.8) is 0 Å². The molecule has 2 aromatic heterocycles. The highest BCUT2D eigenvalue weighted by molar-refractivity contribution is 5.88. The summed E-state index contributed by atoms with van der Waals surface area (Å²) in [4.78, 5) is 15.8. The highest BCUT2D eigenvalue weighted by Crippen LogP contribution is 2.15. The predicted molar refractivity (Wildman–Crippen MR) is 61.8 cm³/mol. The molecule has 0 bridgehead atoms. The van der Waals surface area contributed by atoms with E-state index < -0.39 is 5.97 Å². The molecule has 5 heteroatoms. The highest BCUT2D eigenvalue weighted by Gasteiger charge is 2.10. The molecule has 0 spiro atoms. The van der Waals surface area contributed by atoms with Crippen molar-refractivity contribution in [2.45, 2.75) is 0 Å². The van der Waals surface area contributed by atoms with Crippen LogP contribution in [0.1, 0.15) is 10.5 Å². The van der Waals surface area contributed by atoms with E-state index in [9.17, 15) is 4.79 Å². The van der Waals surface area contributed by atoms with E-state index in [0.29, 0.717) is 5.65 Å². The summed E-state index contributed by atoms with van der Waals surface area (Å²) >= 11 is 0. The molecule has 17 heavy (non-hydrogen) atoms. The van der Waals surface area contributed by atoms with Crippen LogP contribution in [0, 0.1) is 0 Å². The van der Waals surface area contributed by atoms with Crippen molar-refractivity contribution in [1.82, 2.24) is 14.6 Å². The number of nitrogens with zero attached hydrogens (tertiary/aromatic N) is 3. The van der Waals surface area contributed by atoms with Gasteiger partial charge in [-0.1, -0.05) is 12.1 Å². The maximum absolute atomic E-state index is 11.4. The van der Waals surface area contributed by atoms with E-state index in [0.717, 1.165) is 11.0 Å². The summed E-state index contributed by atoms with van der Waals surface area (Å²) in [7, 11) is 1.33. The van der Waals surface area contributed by atoms with Gasteiger partial charge in [-0.15, -0.1) is 0 Å². The molecule has 1 aromatic carbocycles. The number of carbonyl (C=O) groups excluding carboxylic acids is 1. The van der Waals surface area contributed by atoms with Crippen molar-refractivity contribution < 1.29 is 9.53 Å². The molecule has 3 rings (SSSR count). The lowest BCUT2D eigenvalue weighted by molar-refractivity contribution is 0.0592. The Balaban J connectivity index is 2.33. The second-order valence-corrected chi connectivity index (χ2v) is 3.58. The number of hydrogen-bond donors (Lipinski definition) is 0. The maximum Gasteiger partial charge on any atom is 0.358 e. The maximum atomic E-state index is 11.4. The Bertz CT molecular complexity index is 718. The van der Waals surface area contributed by atoms with Gasteiger partial charge in [0, 0.05) is 0 Å². The summed E-state index contributed by atoms with van der Waals surface area (Å²) in [6.45, 7) is 0. The van der Waals surface area contributed by atoms with Crippen molar-refractivity contribution in [3.05, 3.63) is 42.1 Å². The van der Waals surface area contributed by atoms with Crippen molar-refractivity contribution in [2.75, 3.05) is 7.11 Å². The van der Waals surface area contributed by atoms with Gasteiger partial charge in [-0.05, 0) is 24.3 Å². The van der Waals surface area contributed by atoms with Gasteiger partial charge in [0.15, 0.2) is 11.3 Å². The second kappa shape index (κ2) is 3.55. The number of methoxy groups -OCH3 is 1. The van der Waals surface area contributed by atoms with Crippen molar-refractivity contribution in [3.8, 4) is 0 Å². The zero-order valence-corrected chi connectivity index (χ0v) is 9.12. The Morgan fingerprint density at radius 3 is 2.88 bits per heavy atom. The first-order valence-corrected chi connectivity index (χ1v) is 5.12. The van der Waals surface area contributed by atoms with E-state index in [4.69, 9.17) is 0 Å². The number of carbonyl (C=O) groups is 1. The predicted octanol–water partition coefficient (Wildman–Crippen LogP) is 1.67. The standard InChI is InChI=1S/C12H9N3O2/c1-17-12(16)9-6-7-11-13-8-4-2-3-5-10(8)15(11)14-9/h2-7H,1H3. The van der Waals surface area contributed by atoms with Crippen LogP contribution in [-0.2, 0) is 4.74 Å². The third-order valence-corrected chi connectivity index (χ3v) is 2.55. The van der Waals surface area contributed by atoms with E-state index in [1.54, 1.807) is 16.6 Å². The first-order valence-electron chi connectivity index (χ1n) is 5.12. The van der Waals surface area contributed by atoms with Crippen LogP contribution in [0.25, 0.3) is 16.7 Å². The molecule has 0 fully saturated rings. The van der Waals surface area contributed by atoms with Crippen LogP contribution < -0.4 is 0 Å². The van der Waals surface area contributed by atoms with Crippen molar-refractivity contribution in [2.24, 2.45) is 0 Å². The minimum atomic E-state index is -0.454. The summed E-state index contributed by atoms with van der Waals surface area (Å²) in [5, 5.41) is 4.21. The Hall–Kier alpha value is -2.43. The lowest BCUT2D eigenvalue weighted by Gasteiger charge is -1.99. The van der Waals surface area contributed by atoms with E-state index >= 15 is 0 Å². The number of fused-ring (bicyclic) bond motifs is 3. The number of aromatic nitrogens is 3. The van der Waals surface area contributed by atoms with Crippen LogP contribution in [0.5, 0.6) is 0 Å². The zero-order valence-electron chi connectivity index (χ0n) is 9.12. The number of hydrogen-bond acceptors (Lipinski definition) is 4. The number of rotatable bonds is 1. The molecular weight excluding hydrogens is 218 g/mol. The molecule has 0 aliphatic rings. The summed E-state index contributed by atoms with van der Waals surface area (Å²) in [6.07, 6.45) is 0. The van der Waals surface area contributed by atoms with Crippen LogP contribution >= 0.6 is 0 Å². The first kappa shape index (κ1) is 9.77. The molecular formula is C12H9N3O2. The number of imidazole rings is 1. The molecule has 2 heterocycles. The molecule has 0 atom stereocenters. The van der Waals surface area contributed by atoms with Gasteiger partial charge in [0.1, 0.15) is 0 Å². The van der Waals surface area contributed by atoms with Crippen LogP contribution in [-0.4, -0.2) is 27.7 Å². The molecule has 0 amide bonds. The summed E-state index contributed by atoms with van der Waals surface area (Å²) in [6, 6.07) is 11.0. The monoisotopic (exact) mass is 227 g/mol. The van der Waals surface area contributed by atoms with Gasteiger partial charge in [-0.2, -0.15) is 5.10 Å². The number of benzene rings is 1. The molecule has 3 aromatic rings. The Morgan fingerprint density at radius 1 is 1.24 bits per heavy atom. The number of esters is 1. The normalized spacial score (nSPS) is 10.9. The largest absolute Gasteiger partial charge is 0.464 e. The van der Waals surface area contributed by atoms with Crippen LogP contribution in [0.4, 0.5) is 0 Å². The molecule has 0 aliphatic carbocycles. The molecule has 0 N–H and O–H groups in total. The average molecular weight is 227 g/mol. The fraction of sp³-hybridized carbons (Fsp3) is 0.0833. The van der Waals surface area contributed by atoms with Gasteiger partial charge in [0.2, 0.25) is 0 Å². The summed E-state index contributed by atoms with van der Waals surface area (Å²) in [5.74, 6) is -0.454. The van der Waals surface area contributed by atoms with Gasteiger partial charge < -0.3 is 4.74 Å². The lowest BCUT2D eigenvalue weighted by Crippen LogP contribution is -2.07. The van der Waals surface area contributed by atoms with Gasteiger partial charge in [-0.3, -0.25) is 0 Å². The Kier molecular flexibility index (Phi) is 2.04.